The number of hydrogen-bond acceptors (Lipinski definition) is 4. The van der Waals surface area contributed by atoms with Gasteiger partial charge in [0.2, 0.25) is 0 Å². The molecule has 5 rings (SSSR count). The maximum atomic E-state index is 3.24. The summed E-state index contributed by atoms with van der Waals surface area (Å²) in [6.07, 6.45) is 0. The fourth-order valence-electron chi connectivity index (χ4n) is 4.91. The molecule has 0 fully saturated rings. The highest BCUT2D eigenvalue weighted by Crippen LogP contribution is 2.15. The van der Waals surface area contributed by atoms with E-state index in [9.17, 15) is 0 Å². The lowest BCUT2D eigenvalue weighted by Crippen LogP contribution is -2.07. The van der Waals surface area contributed by atoms with Gasteiger partial charge in [-0.3, -0.25) is 0 Å². The first-order valence-electron chi connectivity index (χ1n) is 17.8. The predicted molar refractivity (Wildman–Crippen MR) is 236 cm³/mol. The normalized spacial score (nSPS) is 13.4. The Morgan fingerprint density at radius 1 is 0.268 bits per heavy atom. The van der Waals surface area contributed by atoms with Gasteiger partial charge in [0.1, 0.15) is 0 Å². The minimum absolute atomic E-state index is 0.446. The first-order valence-corrected chi connectivity index (χ1v) is 17.8. The molecule has 0 aliphatic heterocycles. The lowest BCUT2D eigenvalue weighted by Gasteiger charge is -2.11. The fourth-order valence-corrected chi connectivity index (χ4v) is 4.91. The molecule has 56 heavy (non-hydrogen) atoms. The van der Waals surface area contributed by atoms with Gasteiger partial charge < -0.3 is 19.6 Å². The summed E-state index contributed by atoms with van der Waals surface area (Å²) in [6, 6.07) is 32.0. The average molecular weight is 721 g/mol. The first-order chi connectivity index (χ1) is 27.0. The highest BCUT2D eigenvalue weighted by molar-refractivity contribution is 5.69. The van der Waals surface area contributed by atoms with Crippen molar-refractivity contribution in [2.45, 2.75) is 0 Å². The number of hydrogen-bond donors (Lipinski definition) is 0. The molecule has 1 aliphatic carbocycles. The maximum absolute atomic E-state index is 3.24. The molecule has 0 radical (unpaired) electrons. The van der Waals surface area contributed by atoms with Gasteiger partial charge in [0.25, 0.3) is 0 Å². The van der Waals surface area contributed by atoms with E-state index in [2.05, 4.69) is 94.7 Å². The summed E-state index contributed by atoms with van der Waals surface area (Å²) in [4.78, 5) is 8.16. The van der Waals surface area contributed by atoms with Crippen molar-refractivity contribution < 1.29 is 0 Å². The Kier molecular flexibility index (Phi) is 13.5. The Bertz CT molecular complexity index is 2300. The highest BCUT2D eigenvalue weighted by Gasteiger charge is 2.03. The van der Waals surface area contributed by atoms with Crippen molar-refractivity contribution >= 4 is 22.7 Å². The molecule has 0 bridgehead atoms. The van der Waals surface area contributed by atoms with Crippen molar-refractivity contribution in [1.82, 2.24) is 0 Å². The largest absolute Gasteiger partial charge is 0.378 e. The highest BCUT2D eigenvalue weighted by atomic mass is 15.1. The predicted octanol–water partition coefficient (Wildman–Crippen LogP) is 7.08. The topological polar surface area (TPSA) is 13.0 Å². The van der Waals surface area contributed by atoms with Gasteiger partial charge in [0.15, 0.2) is 0 Å². The molecule has 1 aliphatic rings. The molecule has 0 N–H and O–H groups in total. The second-order valence-electron chi connectivity index (χ2n) is 13.3. The van der Waals surface area contributed by atoms with Crippen LogP contribution in [0.2, 0.25) is 0 Å². The second-order valence-corrected chi connectivity index (χ2v) is 13.3. The van der Waals surface area contributed by atoms with E-state index in [1.807, 2.05) is 173 Å². The SMILES string of the molecule is CN(C)c1ccc(C#C/C2=C(\C#Cc3ccc(N(C)C)cc3)C#CC#C/C(C#Cc3ccc(N(C)C)cc3)=C(/C#Cc3ccc(N(C)C)cc3)C#CC#C2)cc1. The van der Waals surface area contributed by atoms with Gasteiger partial charge in [-0.15, -0.1) is 0 Å². The van der Waals surface area contributed by atoms with Crippen molar-refractivity contribution in [3.8, 4) is 94.7 Å². The molecule has 0 heterocycles. The van der Waals surface area contributed by atoms with Gasteiger partial charge in [0, 0.05) is 101 Å². The van der Waals surface area contributed by atoms with Crippen LogP contribution in [-0.2, 0) is 0 Å². The standard InChI is InChI=1S/C52H40N4/c1-53(2)49-33-21-41(22-34-49)17-29-45-13-9-10-15-47(31-19-43-25-37-51(38-26-43)55(5)6)48(32-20-44-27-39-52(40-28-44)56(7)8)16-12-11-14-46(45)30-18-42-23-35-50(36-24-42)54(3)4/h21-28,33-40H,1-8H3/b46-45-,48-47-. The van der Waals surface area contributed by atoms with E-state index in [0.717, 1.165) is 45.0 Å². The minimum Gasteiger partial charge on any atom is -0.378 e. The number of anilines is 4. The number of nitrogens with zero attached hydrogens (tertiary/aromatic N) is 4. The third-order valence-corrected chi connectivity index (χ3v) is 8.24. The third kappa shape index (κ3) is 11.5. The van der Waals surface area contributed by atoms with E-state index in [1.54, 1.807) is 0 Å². The quantitative estimate of drug-likeness (QED) is 0.209. The van der Waals surface area contributed by atoms with Crippen LogP contribution < -0.4 is 19.6 Å². The van der Waals surface area contributed by atoms with Gasteiger partial charge in [-0.1, -0.05) is 47.4 Å². The van der Waals surface area contributed by atoms with Crippen molar-refractivity contribution in [2.24, 2.45) is 0 Å². The van der Waals surface area contributed by atoms with Crippen molar-refractivity contribution in [3.05, 3.63) is 142 Å². The maximum Gasteiger partial charge on any atom is 0.0999 e. The zero-order valence-corrected chi connectivity index (χ0v) is 33.0. The minimum atomic E-state index is 0.446. The number of rotatable bonds is 4. The van der Waals surface area contributed by atoms with Crippen LogP contribution in [-0.4, -0.2) is 56.4 Å². The van der Waals surface area contributed by atoms with Gasteiger partial charge in [-0.05, 0) is 144 Å². The van der Waals surface area contributed by atoms with E-state index in [-0.39, 0.29) is 0 Å². The summed E-state index contributed by atoms with van der Waals surface area (Å²) in [5.74, 6) is 50.4. The van der Waals surface area contributed by atoms with E-state index >= 15 is 0 Å². The molecule has 0 unspecified atom stereocenters. The summed E-state index contributed by atoms with van der Waals surface area (Å²) in [5, 5.41) is 0. The van der Waals surface area contributed by atoms with Gasteiger partial charge in [0.05, 0.1) is 22.3 Å². The van der Waals surface area contributed by atoms with E-state index < -0.39 is 0 Å². The smallest absolute Gasteiger partial charge is 0.0999 e. The molecule has 4 aromatic rings. The fraction of sp³-hybridized carbons (Fsp3) is 0.154. The van der Waals surface area contributed by atoms with Crippen LogP contribution in [0.25, 0.3) is 0 Å². The van der Waals surface area contributed by atoms with Crippen LogP contribution in [0.5, 0.6) is 0 Å². The van der Waals surface area contributed by atoms with Gasteiger partial charge in [-0.25, -0.2) is 0 Å². The molecule has 0 amide bonds. The summed E-state index contributed by atoms with van der Waals surface area (Å²) in [7, 11) is 16.0. The lowest BCUT2D eigenvalue weighted by atomic mass is 10.1. The van der Waals surface area contributed by atoms with Crippen LogP contribution in [0, 0.1) is 94.7 Å². The molecule has 268 valence electrons. The van der Waals surface area contributed by atoms with Gasteiger partial charge >= 0.3 is 0 Å². The average Bonchev–Trinajstić information content (AvgIpc) is 3.20. The van der Waals surface area contributed by atoms with Crippen LogP contribution in [0.15, 0.2) is 119 Å². The molecule has 0 spiro atoms. The van der Waals surface area contributed by atoms with Crippen LogP contribution in [0.1, 0.15) is 22.3 Å². The van der Waals surface area contributed by atoms with Gasteiger partial charge in [-0.2, -0.15) is 0 Å². The molecular weight excluding hydrogens is 681 g/mol. The molecule has 0 atom stereocenters. The molecule has 0 saturated heterocycles. The summed E-state index contributed by atoms with van der Waals surface area (Å²) in [6.45, 7) is 0. The zero-order chi connectivity index (χ0) is 39.9. The Balaban J connectivity index is 1.64. The summed E-state index contributed by atoms with van der Waals surface area (Å²) < 4.78 is 0. The summed E-state index contributed by atoms with van der Waals surface area (Å²) in [5.41, 5.74) is 9.44. The van der Waals surface area contributed by atoms with Crippen molar-refractivity contribution in [1.29, 1.82) is 0 Å². The third-order valence-electron chi connectivity index (χ3n) is 8.24. The van der Waals surface area contributed by atoms with Crippen molar-refractivity contribution in [3.63, 3.8) is 0 Å². The molecule has 0 saturated carbocycles. The van der Waals surface area contributed by atoms with Crippen molar-refractivity contribution in [2.75, 3.05) is 76.0 Å². The number of allylic oxidation sites excluding steroid dienone is 4. The molecule has 4 heteroatoms. The molecular formula is C52H40N4. The molecule has 4 nitrogen and oxygen atoms in total. The van der Waals surface area contributed by atoms with Crippen LogP contribution in [0.3, 0.4) is 0 Å². The summed E-state index contributed by atoms with van der Waals surface area (Å²) >= 11 is 0. The Labute approximate surface area is 333 Å². The zero-order valence-electron chi connectivity index (χ0n) is 33.0. The van der Waals surface area contributed by atoms with E-state index in [0.29, 0.717) is 22.3 Å². The molecule has 0 aromatic heterocycles. The Morgan fingerprint density at radius 3 is 0.607 bits per heavy atom. The Hall–Kier alpha value is -7.96. The lowest BCUT2D eigenvalue weighted by molar-refractivity contribution is 1.13. The Morgan fingerprint density at radius 2 is 0.446 bits per heavy atom. The van der Waals surface area contributed by atoms with E-state index in [4.69, 9.17) is 0 Å². The first kappa shape index (κ1) is 39.3. The monoisotopic (exact) mass is 720 g/mol. The van der Waals surface area contributed by atoms with Crippen LogP contribution >= 0.6 is 0 Å². The number of benzene rings is 4. The van der Waals surface area contributed by atoms with Crippen LogP contribution in [0.4, 0.5) is 22.7 Å². The van der Waals surface area contributed by atoms with E-state index in [1.165, 1.54) is 0 Å². The molecule has 4 aromatic carbocycles. The second kappa shape index (κ2) is 19.2.